The molecule has 4 rings (SSSR count). The molecular weight excluding hydrogens is 491 g/mol. The highest BCUT2D eigenvalue weighted by atomic mass is 35.5. The van der Waals surface area contributed by atoms with Gasteiger partial charge in [-0.15, -0.1) is 0 Å². The van der Waals surface area contributed by atoms with Crippen molar-refractivity contribution in [3.05, 3.63) is 112 Å². The van der Waals surface area contributed by atoms with Gasteiger partial charge in [-0.05, 0) is 54.1 Å². The Hall–Kier alpha value is -3.97. The third-order valence-corrected chi connectivity index (χ3v) is 5.98. The summed E-state index contributed by atoms with van der Waals surface area (Å²) in [6.45, 7) is 6.43. The second kappa shape index (κ2) is 11.0. The SMILES string of the molecule is CC(C)(C)c1cc(CNC(=O)Cc2ccc(C(=O)Nc3ccccc3)c(F)c2)n(-c2cccc(Cl)c2)n1. The zero-order chi connectivity index (χ0) is 26.6. The van der Waals surface area contributed by atoms with Gasteiger partial charge in [0.1, 0.15) is 5.82 Å². The molecule has 0 saturated heterocycles. The van der Waals surface area contributed by atoms with Crippen molar-refractivity contribution < 1.29 is 14.0 Å². The number of carbonyl (C=O) groups excluding carboxylic acids is 2. The number of nitrogens with zero attached hydrogens (tertiary/aromatic N) is 2. The number of halogens is 2. The van der Waals surface area contributed by atoms with E-state index in [1.807, 2.05) is 30.3 Å². The quantitative estimate of drug-likeness (QED) is 0.311. The van der Waals surface area contributed by atoms with E-state index in [4.69, 9.17) is 16.7 Å². The molecule has 0 aliphatic carbocycles. The summed E-state index contributed by atoms with van der Waals surface area (Å²) in [7, 11) is 0. The number of nitrogens with one attached hydrogen (secondary N) is 2. The van der Waals surface area contributed by atoms with E-state index >= 15 is 0 Å². The number of hydrogen-bond acceptors (Lipinski definition) is 3. The summed E-state index contributed by atoms with van der Waals surface area (Å²) in [5.41, 5.74) is 3.22. The smallest absolute Gasteiger partial charge is 0.258 e. The Morgan fingerprint density at radius 3 is 2.41 bits per heavy atom. The molecule has 0 bridgehead atoms. The second-order valence-electron chi connectivity index (χ2n) is 9.75. The maximum absolute atomic E-state index is 14.7. The minimum atomic E-state index is -0.687. The molecule has 0 saturated carbocycles. The van der Waals surface area contributed by atoms with Crippen molar-refractivity contribution in [2.75, 3.05) is 5.32 Å². The van der Waals surface area contributed by atoms with Gasteiger partial charge in [-0.2, -0.15) is 5.10 Å². The Morgan fingerprint density at radius 1 is 0.973 bits per heavy atom. The minimum absolute atomic E-state index is 0.0328. The fourth-order valence-corrected chi connectivity index (χ4v) is 3.94. The van der Waals surface area contributed by atoms with Crippen molar-refractivity contribution in [3.63, 3.8) is 0 Å². The predicted octanol–water partition coefficient (Wildman–Crippen LogP) is 6.07. The van der Waals surface area contributed by atoms with Crippen LogP contribution in [0, 0.1) is 5.82 Å². The summed E-state index contributed by atoms with van der Waals surface area (Å²) in [5, 5.41) is 10.9. The van der Waals surface area contributed by atoms with Crippen molar-refractivity contribution in [2.45, 2.75) is 39.2 Å². The molecule has 0 fully saturated rings. The van der Waals surface area contributed by atoms with E-state index in [-0.39, 0.29) is 29.9 Å². The lowest BCUT2D eigenvalue weighted by molar-refractivity contribution is -0.120. The Morgan fingerprint density at radius 2 is 1.73 bits per heavy atom. The van der Waals surface area contributed by atoms with Gasteiger partial charge >= 0.3 is 0 Å². The van der Waals surface area contributed by atoms with Crippen LogP contribution in [0.25, 0.3) is 5.69 Å². The number of anilines is 1. The first kappa shape index (κ1) is 26.1. The van der Waals surface area contributed by atoms with Gasteiger partial charge in [0.05, 0.1) is 35.6 Å². The van der Waals surface area contributed by atoms with E-state index in [0.29, 0.717) is 16.3 Å². The zero-order valence-corrected chi connectivity index (χ0v) is 21.6. The first-order valence-electron chi connectivity index (χ1n) is 11.9. The van der Waals surface area contributed by atoms with Crippen molar-refractivity contribution in [1.29, 1.82) is 0 Å². The molecule has 1 heterocycles. The summed E-state index contributed by atoms with van der Waals surface area (Å²) < 4.78 is 16.4. The van der Waals surface area contributed by atoms with Crippen LogP contribution in [0.15, 0.2) is 78.9 Å². The van der Waals surface area contributed by atoms with Gasteiger partial charge in [-0.25, -0.2) is 9.07 Å². The number of carbonyl (C=O) groups is 2. The van der Waals surface area contributed by atoms with E-state index in [1.54, 1.807) is 41.1 Å². The van der Waals surface area contributed by atoms with Crippen molar-refractivity contribution in [2.24, 2.45) is 0 Å². The van der Waals surface area contributed by atoms with Gasteiger partial charge in [0.25, 0.3) is 5.91 Å². The second-order valence-corrected chi connectivity index (χ2v) is 10.2. The van der Waals surface area contributed by atoms with E-state index in [1.165, 1.54) is 12.1 Å². The van der Waals surface area contributed by atoms with Crippen LogP contribution in [0.2, 0.25) is 5.02 Å². The maximum atomic E-state index is 14.7. The molecule has 190 valence electrons. The maximum Gasteiger partial charge on any atom is 0.258 e. The van der Waals surface area contributed by atoms with E-state index in [0.717, 1.165) is 17.1 Å². The molecule has 0 aliphatic heterocycles. The van der Waals surface area contributed by atoms with E-state index in [2.05, 4.69) is 31.4 Å². The number of rotatable bonds is 7. The summed E-state index contributed by atoms with van der Waals surface area (Å²) in [4.78, 5) is 25.1. The minimum Gasteiger partial charge on any atom is -0.350 e. The molecule has 0 atom stereocenters. The molecule has 4 aromatic rings. The summed E-state index contributed by atoms with van der Waals surface area (Å²) in [6.07, 6.45) is -0.0328. The summed E-state index contributed by atoms with van der Waals surface area (Å²) >= 11 is 6.18. The van der Waals surface area contributed by atoms with Gasteiger partial charge in [-0.3, -0.25) is 9.59 Å². The highest BCUT2D eigenvalue weighted by Gasteiger charge is 2.21. The fourth-order valence-electron chi connectivity index (χ4n) is 3.75. The van der Waals surface area contributed by atoms with Crippen LogP contribution in [0.5, 0.6) is 0 Å². The Kier molecular flexibility index (Phi) is 7.74. The van der Waals surface area contributed by atoms with Crippen LogP contribution in [0.3, 0.4) is 0 Å². The van der Waals surface area contributed by atoms with Gasteiger partial charge in [0.15, 0.2) is 0 Å². The Bertz CT molecular complexity index is 1430. The topological polar surface area (TPSA) is 76.0 Å². The monoisotopic (exact) mass is 518 g/mol. The third-order valence-electron chi connectivity index (χ3n) is 5.75. The van der Waals surface area contributed by atoms with Gasteiger partial charge < -0.3 is 10.6 Å². The average molecular weight is 519 g/mol. The lowest BCUT2D eigenvalue weighted by atomic mass is 9.92. The lowest BCUT2D eigenvalue weighted by Gasteiger charge is -2.14. The molecule has 2 amide bonds. The largest absolute Gasteiger partial charge is 0.350 e. The molecule has 0 aliphatic rings. The molecule has 0 radical (unpaired) electrons. The average Bonchev–Trinajstić information content (AvgIpc) is 3.28. The molecular formula is C29H28ClFN4O2. The first-order valence-corrected chi connectivity index (χ1v) is 12.2. The normalized spacial score (nSPS) is 11.3. The standard InChI is InChI=1S/C29H28ClFN4O2/c1-29(2,3)26-17-23(35(34-26)22-11-7-8-20(30)16-22)18-32-27(36)15-19-12-13-24(25(31)14-19)28(37)33-21-9-5-4-6-10-21/h4-14,16-17H,15,18H2,1-3H3,(H,32,36)(H,33,37). The first-order chi connectivity index (χ1) is 17.6. The van der Waals surface area contributed by atoms with Gasteiger partial charge in [-0.1, -0.05) is 62.7 Å². The third kappa shape index (κ3) is 6.62. The van der Waals surface area contributed by atoms with Gasteiger partial charge in [0.2, 0.25) is 5.91 Å². The molecule has 0 unspecified atom stereocenters. The van der Waals surface area contributed by atoms with Gasteiger partial charge in [0, 0.05) is 16.1 Å². The molecule has 37 heavy (non-hydrogen) atoms. The zero-order valence-electron chi connectivity index (χ0n) is 20.9. The summed E-state index contributed by atoms with van der Waals surface area (Å²) in [6, 6.07) is 22.3. The number of aromatic nitrogens is 2. The number of benzene rings is 3. The molecule has 8 heteroatoms. The Balaban J connectivity index is 1.44. The van der Waals surface area contributed by atoms with Crippen molar-refractivity contribution in [3.8, 4) is 5.69 Å². The number of amides is 2. The molecule has 1 aromatic heterocycles. The van der Waals surface area contributed by atoms with Crippen molar-refractivity contribution >= 4 is 29.1 Å². The number of para-hydroxylation sites is 1. The highest BCUT2D eigenvalue weighted by Crippen LogP contribution is 2.25. The Labute approximate surface area is 220 Å². The lowest BCUT2D eigenvalue weighted by Crippen LogP contribution is -2.26. The van der Waals surface area contributed by atoms with Crippen LogP contribution >= 0.6 is 11.6 Å². The number of hydrogen-bond donors (Lipinski definition) is 2. The van der Waals surface area contributed by atoms with Crippen LogP contribution in [-0.4, -0.2) is 21.6 Å². The molecule has 0 spiro atoms. The van der Waals surface area contributed by atoms with E-state index < -0.39 is 11.7 Å². The molecule has 6 nitrogen and oxygen atoms in total. The van der Waals surface area contributed by atoms with Crippen LogP contribution in [0.1, 0.15) is 48.1 Å². The molecule has 2 N–H and O–H groups in total. The van der Waals surface area contributed by atoms with Crippen LogP contribution in [-0.2, 0) is 23.2 Å². The van der Waals surface area contributed by atoms with Crippen molar-refractivity contribution in [1.82, 2.24) is 15.1 Å². The van der Waals surface area contributed by atoms with Crippen LogP contribution in [0.4, 0.5) is 10.1 Å². The predicted molar refractivity (Wildman–Crippen MR) is 144 cm³/mol. The van der Waals surface area contributed by atoms with E-state index in [9.17, 15) is 14.0 Å². The fraction of sp³-hybridized carbons (Fsp3) is 0.207. The molecule has 3 aromatic carbocycles. The highest BCUT2D eigenvalue weighted by molar-refractivity contribution is 6.30. The summed E-state index contributed by atoms with van der Waals surface area (Å²) in [5.74, 6) is -1.52. The van der Waals surface area contributed by atoms with Crippen LogP contribution < -0.4 is 10.6 Å².